The van der Waals surface area contributed by atoms with Crippen molar-refractivity contribution in [2.75, 3.05) is 11.8 Å². The minimum Gasteiger partial charge on any atom is -0.495 e. The van der Waals surface area contributed by atoms with Crippen molar-refractivity contribution in [3.05, 3.63) is 46.9 Å². The summed E-state index contributed by atoms with van der Waals surface area (Å²) in [5.41, 5.74) is -0.0845. The van der Waals surface area contributed by atoms with Gasteiger partial charge in [-0.1, -0.05) is 22.0 Å². The monoisotopic (exact) mass is 425 g/mol. The Hall–Kier alpha value is -1.94. The van der Waals surface area contributed by atoms with E-state index in [1.54, 1.807) is 6.07 Å². The number of hydrogen-bond acceptors (Lipinski definition) is 4. The van der Waals surface area contributed by atoms with Crippen LogP contribution in [0.4, 0.5) is 18.9 Å². The summed E-state index contributed by atoms with van der Waals surface area (Å²) in [6.45, 7) is 0. The highest BCUT2D eigenvalue weighted by Gasteiger charge is 2.31. The molecule has 2 aromatic rings. The Morgan fingerprint density at radius 1 is 1.12 bits per heavy atom. The molecule has 0 fully saturated rings. The van der Waals surface area contributed by atoms with Crippen LogP contribution in [0.2, 0.25) is 0 Å². The molecule has 0 bridgehead atoms. The molecule has 2 aromatic carbocycles. The predicted molar refractivity (Wildman–Crippen MR) is 84.6 cm³/mol. The average molecular weight is 426 g/mol. The minimum atomic E-state index is -4.87. The van der Waals surface area contributed by atoms with Gasteiger partial charge in [0, 0.05) is 10.5 Å². The normalized spacial score (nSPS) is 11.9. The van der Waals surface area contributed by atoms with E-state index in [0.29, 0.717) is 4.47 Å². The summed E-state index contributed by atoms with van der Waals surface area (Å²) in [6.07, 6.45) is -4.87. The van der Waals surface area contributed by atoms with E-state index in [2.05, 4.69) is 25.4 Å². The number of halogens is 4. The first kappa shape index (κ1) is 18.4. The molecule has 0 aliphatic carbocycles. The molecule has 5 nitrogen and oxygen atoms in total. The molecule has 130 valence electrons. The van der Waals surface area contributed by atoms with Crippen molar-refractivity contribution in [3.63, 3.8) is 0 Å². The van der Waals surface area contributed by atoms with Crippen LogP contribution in [0.1, 0.15) is 0 Å². The Morgan fingerprint density at radius 2 is 1.83 bits per heavy atom. The second-order valence-electron chi connectivity index (χ2n) is 4.48. The zero-order chi connectivity index (χ0) is 18.0. The standard InChI is InChI=1S/C14H11BrF3NO4S/c1-22-12-6-5-9(15)7-13(12)24(20,21)19-10-3-2-4-11(8-10)23-14(16,17)18/h2-8,19H,1H3. The fourth-order valence-electron chi connectivity index (χ4n) is 1.83. The van der Waals surface area contributed by atoms with E-state index in [-0.39, 0.29) is 16.3 Å². The van der Waals surface area contributed by atoms with E-state index in [9.17, 15) is 21.6 Å². The minimum absolute atomic E-state index is 0.0845. The quantitative estimate of drug-likeness (QED) is 0.780. The third-order valence-corrected chi connectivity index (χ3v) is 4.63. The van der Waals surface area contributed by atoms with E-state index in [1.165, 1.54) is 31.4 Å². The number of methoxy groups -OCH3 is 1. The number of ether oxygens (including phenoxy) is 2. The van der Waals surface area contributed by atoms with Gasteiger partial charge in [-0.2, -0.15) is 0 Å². The summed E-state index contributed by atoms with van der Waals surface area (Å²) in [4.78, 5) is -0.165. The van der Waals surface area contributed by atoms with Crippen LogP contribution in [0.25, 0.3) is 0 Å². The summed E-state index contributed by atoms with van der Waals surface area (Å²) >= 11 is 3.16. The lowest BCUT2D eigenvalue weighted by atomic mass is 10.3. The molecule has 1 N–H and O–H groups in total. The summed E-state index contributed by atoms with van der Waals surface area (Å²) in [5.74, 6) is -0.447. The molecule has 0 spiro atoms. The highest BCUT2D eigenvalue weighted by atomic mass is 79.9. The average Bonchev–Trinajstić information content (AvgIpc) is 2.45. The smallest absolute Gasteiger partial charge is 0.495 e. The van der Waals surface area contributed by atoms with Crippen LogP contribution in [0.3, 0.4) is 0 Å². The molecule has 0 saturated carbocycles. The first-order chi connectivity index (χ1) is 11.1. The van der Waals surface area contributed by atoms with Gasteiger partial charge in [-0.25, -0.2) is 8.42 Å². The van der Waals surface area contributed by atoms with Crippen LogP contribution in [0.5, 0.6) is 11.5 Å². The molecule has 0 unspecified atom stereocenters. The van der Waals surface area contributed by atoms with Crippen LogP contribution >= 0.6 is 15.9 Å². The molecule has 0 radical (unpaired) electrons. The molecular formula is C14H11BrF3NO4S. The van der Waals surface area contributed by atoms with Crippen molar-refractivity contribution in [1.82, 2.24) is 0 Å². The lowest BCUT2D eigenvalue weighted by molar-refractivity contribution is -0.274. The van der Waals surface area contributed by atoms with Crippen LogP contribution in [0.15, 0.2) is 51.8 Å². The van der Waals surface area contributed by atoms with Gasteiger partial charge >= 0.3 is 6.36 Å². The lowest BCUT2D eigenvalue weighted by Gasteiger charge is -2.13. The Morgan fingerprint density at radius 3 is 2.46 bits per heavy atom. The van der Waals surface area contributed by atoms with Crippen LogP contribution in [-0.2, 0) is 10.0 Å². The highest BCUT2D eigenvalue weighted by molar-refractivity contribution is 9.10. The van der Waals surface area contributed by atoms with Gasteiger partial charge in [0.25, 0.3) is 10.0 Å². The second-order valence-corrected chi connectivity index (χ2v) is 7.04. The maximum absolute atomic E-state index is 12.5. The fourth-order valence-corrected chi connectivity index (χ4v) is 3.59. The van der Waals surface area contributed by atoms with E-state index >= 15 is 0 Å². The zero-order valence-electron chi connectivity index (χ0n) is 12.1. The largest absolute Gasteiger partial charge is 0.573 e. The maximum Gasteiger partial charge on any atom is 0.573 e. The zero-order valence-corrected chi connectivity index (χ0v) is 14.5. The number of anilines is 1. The number of rotatable bonds is 5. The first-order valence-electron chi connectivity index (χ1n) is 6.33. The van der Waals surface area contributed by atoms with E-state index in [4.69, 9.17) is 4.74 Å². The Balaban J connectivity index is 2.33. The topological polar surface area (TPSA) is 64.6 Å². The van der Waals surface area contributed by atoms with Gasteiger partial charge in [0.1, 0.15) is 16.4 Å². The molecule has 10 heteroatoms. The Kier molecular flexibility index (Phi) is 5.29. The van der Waals surface area contributed by atoms with Gasteiger partial charge in [-0.05, 0) is 30.3 Å². The summed E-state index contributed by atoms with van der Waals surface area (Å²) < 4.78 is 73.1. The van der Waals surface area contributed by atoms with Gasteiger partial charge in [0.2, 0.25) is 0 Å². The Labute approximate surface area is 144 Å². The van der Waals surface area contributed by atoms with E-state index < -0.39 is 22.1 Å². The third-order valence-electron chi connectivity index (χ3n) is 2.74. The SMILES string of the molecule is COc1ccc(Br)cc1S(=O)(=O)Nc1cccc(OC(F)(F)F)c1. The molecule has 0 saturated heterocycles. The maximum atomic E-state index is 12.5. The second kappa shape index (κ2) is 6.89. The first-order valence-corrected chi connectivity index (χ1v) is 8.60. The molecule has 0 amide bonds. The van der Waals surface area contributed by atoms with Gasteiger partial charge in [0.05, 0.1) is 12.8 Å². The third kappa shape index (κ3) is 4.78. The van der Waals surface area contributed by atoms with Gasteiger partial charge in [-0.15, -0.1) is 13.2 Å². The van der Waals surface area contributed by atoms with Crippen molar-refractivity contribution < 1.29 is 31.1 Å². The van der Waals surface area contributed by atoms with Gasteiger partial charge in [-0.3, -0.25) is 4.72 Å². The van der Waals surface area contributed by atoms with Gasteiger partial charge < -0.3 is 9.47 Å². The Bertz CT molecular complexity index is 840. The number of hydrogen-bond donors (Lipinski definition) is 1. The highest BCUT2D eigenvalue weighted by Crippen LogP contribution is 2.30. The van der Waals surface area contributed by atoms with E-state index in [0.717, 1.165) is 12.1 Å². The molecule has 0 aliphatic heterocycles. The van der Waals surface area contributed by atoms with Crippen molar-refractivity contribution in [2.24, 2.45) is 0 Å². The molecule has 0 heterocycles. The number of sulfonamides is 1. The van der Waals surface area contributed by atoms with Crippen molar-refractivity contribution >= 4 is 31.6 Å². The molecule has 2 rings (SSSR count). The molecule has 0 aromatic heterocycles. The van der Waals surface area contributed by atoms with Gasteiger partial charge in [0.15, 0.2) is 0 Å². The van der Waals surface area contributed by atoms with E-state index in [1.807, 2.05) is 0 Å². The molecule has 0 aliphatic rings. The number of benzene rings is 2. The molecular weight excluding hydrogens is 415 g/mol. The summed E-state index contributed by atoms with van der Waals surface area (Å²) in [7, 11) is -2.78. The van der Waals surface area contributed by atoms with Crippen molar-refractivity contribution in [2.45, 2.75) is 11.3 Å². The van der Waals surface area contributed by atoms with Crippen molar-refractivity contribution in [1.29, 1.82) is 0 Å². The van der Waals surface area contributed by atoms with Crippen LogP contribution in [-0.4, -0.2) is 21.9 Å². The molecule has 0 atom stereocenters. The predicted octanol–water partition coefficient (Wildman–Crippen LogP) is 4.16. The van der Waals surface area contributed by atoms with Crippen LogP contribution in [0, 0.1) is 0 Å². The number of alkyl halides is 3. The molecule has 24 heavy (non-hydrogen) atoms. The van der Waals surface area contributed by atoms with Crippen LogP contribution < -0.4 is 14.2 Å². The fraction of sp³-hybridized carbons (Fsp3) is 0.143. The summed E-state index contributed by atoms with van der Waals surface area (Å²) in [5, 5.41) is 0. The lowest BCUT2D eigenvalue weighted by Crippen LogP contribution is -2.17. The summed E-state index contributed by atoms with van der Waals surface area (Å²) in [6, 6.07) is 8.87. The number of nitrogens with one attached hydrogen (secondary N) is 1. The van der Waals surface area contributed by atoms with Crippen molar-refractivity contribution in [3.8, 4) is 11.5 Å².